The standard InChI is InChI=1S/C8H13N3O3S/c1-15(13,14)10-3-2-4-11-7-9-5-8(11)6-12/h5-7,10H,2-4H2,1H3. The molecule has 0 aliphatic carbocycles. The van der Waals surface area contributed by atoms with E-state index in [-0.39, 0.29) is 0 Å². The van der Waals surface area contributed by atoms with Gasteiger partial charge >= 0.3 is 0 Å². The fourth-order valence-corrected chi connectivity index (χ4v) is 1.64. The van der Waals surface area contributed by atoms with Crippen LogP contribution in [-0.2, 0) is 16.6 Å². The summed E-state index contributed by atoms with van der Waals surface area (Å²) in [7, 11) is -3.13. The van der Waals surface area contributed by atoms with E-state index < -0.39 is 10.0 Å². The molecule has 7 heteroatoms. The lowest BCUT2D eigenvalue weighted by atomic mass is 10.4. The van der Waals surface area contributed by atoms with Gasteiger partial charge in [0.1, 0.15) is 5.69 Å². The number of nitrogens with one attached hydrogen (secondary N) is 1. The van der Waals surface area contributed by atoms with Crippen molar-refractivity contribution in [2.24, 2.45) is 0 Å². The van der Waals surface area contributed by atoms with Gasteiger partial charge in [-0.25, -0.2) is 18.1 Å². The molecule has 0 spiro atoms. The highest BCUT2D eigenvalue weighted by atomic mass is 32.2. The largest absolute Gasteiger partial charge is 0.328 e. The summed E-state index contributed by atoms with van der Waals surface area (Å²) in [4.78, 5) is 14.3. The Bertz CT molecular complexity index is 424. The first-order valence-corrected chi connectivity index (χ1v) is 6.32. The molecule has 1 N–H and O–H groups in total. The Hall–Kier alpha value is -1.21. The molecule has 0 bridgehead atoms. The van der Waals surface area contributed by atoms with E-state index in [1.54, 1.807) is 10.9 Å². The van der Waals surface area contributed by atoms with Crippen LogP contribution in [0.3, 0.4) is 0 Å². The van der Waals surface area contributed by atoms with Crippen LogP contribution in [0.5, 0.6) is 0 Å². The summed E-state index contributed by atoms with van der Waals surface area (Å²) < 4.78 is 25.5. The van der Waals surface area contributed by atoms with Gasteiger partial charge in [0.25, 0.3) is 0 Å². The van der Waals surface area contributed by atoms with Crippen molar-refractivity contribution in [1.82, 2.24) is 14.3 Å². The van der Waals surface area contributed by atoms with E-state index >= 15 is 0 Å². The van der Waals surface area contributed by atoms with Gasteiger partial charge in [-0.1, -0.05) is 0 Å². The van der Waals surface area contributed by atoms with E-state index in [1.807, 2.05) is 0 Å². The van der Waals surface area contributed by atoms with Gasteiger partial charge in [-0.3, -0.25) is 4.79 Å². The molecule has 6 nitrogen and oxygen atoms in total. The summed E-state index contributed by atoms with van der Waals surface area (Å²) in [5, 5.41) is 0. The van der Waals surface area contributed by atoms with Gasteiger partial charge in [-0.05, 0) is 6.42 Å². The van der Waals surface area contributed by atoms with Crippen LogP contribution in [0.2, 0.25) is 0 Å². The SMILES string of the molecule is CS(=O)(=O)NCCCn1cncc1C=O. The van der Waals surface area contributed by atoms with Crippen molar-refractivity contribution in [3.8, 4) is 0 Å². The van der Waals surface area contributed by atoms with Crippen molar-refractivity contribution in [3.63, 3.8) is 0 Å². The third-order valence-corrected chi connectivity index (χ3v) is 2.53. The van der Waals surface area contributed by atoms with E-state index in [4.69, 9.17) is 0 Å². The van der Waals surface area contributed by atoms with E-state index in [0.717, 1.165) is 12.5 Å². The fourth-order valence-electron chi connectivity index (χ4n) is 1.12. The molecular formula is C8H13N3O3S. The van der Waals surface area contributed by atoms with Crippen LogP contribution >= 0.6 is 0 Å². The maximum Gasteiger partial charge on any atom is 0.208 e. The minimum Gasteiger partial charge on any atom is -0.328 e. The van der Waals surface area contributed by atoms with E-state index in [0.29, 0.717) is 25.2 Å². The first-order valence-electron chi connectivity index (χ1n) is 4.43. The molecule has 84 valence electrons. The number of imidazole rings is 1. The lowest BCUT2D eigenvalue weighted by Crippen LogP contribution is -2.23. The predicted octanol–water partition coefficient (Wildman–Crippen LogP) is -0.365. The van der Waals surface area contributed by atoms with Gasteiger partial charge in [0.2, 0.25) is 10.0 Å². The Kier molecular flexibility index (Phi) is 3.98. The zero-order chi connectivity index (χ0) is 11.3. The number of carbonyl (C=O) groups excluding carboxylic acids is 1. The average Bonchev–Trinajstić information content (AvgIpc) is 2.58. The molecule has 0 atom stereocenters. The molecule has 0 fully saturated rings. The van der Waals surface area contributed by atoms with Crippen LogP contribution < -0.4 is 4.72 Å². The average molecular weight is 231 g/mol. The molecule has 0 radical (unpaired) electrons. The summed E-state index contributed by atoms with van der Waals surface area (Å²) in [5.41, 5.74) is 0.495. The monoisotopic (exact) mass is 231 g/mol. The molecule has 0 aliphatic rings. The molecule has 0 aliphatic heterocycles. The van der Waals surface area contributed by atoms with Crippen LogP contribution in [0.4, 0.5) is 0 Å². The van der Waals surface area contributed by atoms with Crippen LogP contribution in [0.25, 0.3) is 0 Å². The molecule has 0 saturated carbocycles. The van der Waals surface area contributed by atoms with Crippen molar-refractivity contribution < 1.29 is 13.2 Å². The van der Waals surface area contributed by atoms with Gasteiger partial charge in [-0.15, -0.1) is 0 Å². The quantitative estimate of drug-likeness (QED) is 0.535. The third-order valence-electron chi connectivity index (χ3n) is 1.81. The molecule has 1 aromatic heterocycles. The van der Waals surface area contributed by atoms with Crippen molar-refractivity contribution in [2.45, 2.75) is 13.0 Å². The number of aldehydes is 1. The topological polar surface area (TPSA) is 81.1 Å². The number of hydrogen-bond acceptors (Lipinski definition) is 4. The summed E-state index contributed by atoms with van der Waals surface area (Å²) in [6, 6.07) is 0. The zero-order valence-electron chi connectivity index (χ0n) is 8.38. The van der Waals surface area contributed by atoms with Crippen LogP contribution in [0, 0.1) is 0 Å². The normalized spacial score (nSPS) is 11.5. The van der Waals surface area contributed by atoms with Gasteiger partial charge in [-0.2, -0.15) is 0 Å². The molecule has 0 aromatic carbocycles. The van der Waals surface area contributed by atoms with Crippen molar-refractivity contribution >= 4 is 16.3 Å². The molecular weight excluding hydrogens is 218 g/mol. The summed E-state index contributed by atoms with van der Waals surface area (Å²) in [6.45, 7) is 0.923. The molecule has 1 rings (SSSR count). The Balaban J connectivity index is 2.35. The van der Waals surface area contributed by atoms with Crippen LogP contribution in [0.1, 0.15) is 16.9 Å². The summed E-state index contributed by atoms with van der Waals surface area (Å²) in [5.74, 6) is 0. The Morgan fingerprint density at radius 3 is 2.93 bits per heavy atom. The zero-order valence-corrected chi connectivity index (χ0v) is 9.20. The number of nitrogens with zero attached hydrogens (tertiary/aromatic N) is 2. The lowest BCUT2D eigenvalue weighted by Gasteiger charge is -2.04. The van der Waals surface area contributed by atoms with Crippen LogP contribution in [0.15, 0.2) is 12.5 Å². The third kappa shape index (κ3) is 4.22. The van der Waals surface area contributed by atoms with Crippen molar-refractivity contribution in [1.29, 1.82) is 0 Å². The minimum absolute atomic E-state index is 0.356. The van der Waals surface area contributed by atoms with Gasteiger partial charge in [0.15, 0.2) is 6.29 Å². The first kappa shape index (κ1) is 11.9. The number of aryl methyl sites for hydroxylation is 1. The van der Waals surface area contributed by atoms with E-state index in [1.165, 1.54) is 6.20 Å². The number of rotatable bonds is 6. The number of hydrogen-bond donors (Lipinski definition) is 1. The van der Waals surface area contributed by atoms with Gasteiger partial charge in [0.05, 0.1) is 18.8 Å². The van der Waals surface area contributed by atoms with Gasteiger partial charge in [0, 0.05) is 13.1 Å². The maximum atomic E-state index is 10.7. The molecule has 15 heavy (non-hydrogen) atoms. The minimum atomic E-state index is -3.13. The molecule has 0 amide bonds. The maximum absolute atomic E-state index is 10.7. The molecule has 1 aromatic rings. The van der Waals surface area contributed by atoms with Gasteiger partial charge < -0.3 is 4.57 Å². The second kappa shape index (κ2) is 5.04. The first-order chi connectivity index (χ1) is 7.03. The van der Waals surface area contributed by atoms with Crippen molar-refractivity contribution in [2.75, 3.05) is 12.8 Å². The molecule has 0 saturated heterocycles. The Morgan fingerprint density at radius 1 is 1.60 bits per heavy atom. The number of aromatic nitrogens is 2. The number of sulfonamides is 1. The molecule has 0 unspecified atom stereocenters. The lowest BCUT2D eigenvalue weighted by molar-refractivity contribution is 0.111. The van der Waals surface area contributed by atoms with E-state index in [2.05, 4.69) is 9.71 Å². The fraction of sp³-hybridized carbons (Fsp3) is 0.500. The van der Waals surface area contributed by atoms with Crippen LogP contribution in [-0.4, -0.2) is 37.1 Å². The molecule has 1 heterocycles. The predicted molar refractivity (Wildman–Crippen MR) is 55.1 cm³/mol. The highest BCUT2D eigenvalue weighted by molar-refractivity contribution is 7.88. The Labute approximate surface area is 88.4 Å². The Morgan fingerprint density at radius 2 is 2.33 bits per heavy atom. The van der Waals surface area contributed by atoms with Crippen molar-refractivity contribution in [3.05, 3.63) is 18.2 Å². The highest BCUT2D eigenvalue weighted by Crippen LogP contribution is 1.97. The second-order valence-corrected chi connectivity index (χ2v) is 4.98. The summed E-state index contributed by atoms with van der Waals surface area (Å²) in [6.07, 6.45) is 5.46. The highest BCUT2D eigenvalue weighted by Gasteiger charge is 2.01. The smallest absolute Gasteiger partial charge is 0.208 e. The number of carbonyl (C=O) groups is 1. The summed E-state index contributed by atoms with van der Waals surface area (Å²) >= 11 is 0. The second-order valence-electron chi connectivity index (χ2n) is 3.15. The van der Waals surface area contributed by atoms with E-state index in [9.17, 15) is 13.2 Å².